The van der Waals surface area contributed by atoms with Gasteiger partial charge in [0, 0.05) is 32.9 Å². The number of amides is 1. The zero-order valence-electron chi connectivity index (χ0n) is 18.6. The van der Waals surface area contributed by atoms with Crippen LogP contribution < -0.4 is 0 Å². The molecule has 0 saturated heterocycles. The third-order valence-electron chi connectivity index (χ3n) is 6.71. The van der Waals surface area contributed by atoms with E-state index in [1.165, 1.54) is 11.1 Å². The van der Waals surface area contributed by atoms with Crippen LogP contribution >= 0.6 is 0 Å². The largest absolute Gasteiger partial charge is 0.392 e. The Hall–Kier alpha value is -1.91. The van der Waals surface area contributed by atoms with Crippen molar-refractivity contribution in [2.45, 2.75) is 64.1 Å². The molecular formula is C26H37NO3. The number of unbranched alkanes of at least 4 members (excludes halogenated alkanes) is 1. The molecule has 0 aliphatic heterocycles. The molecule has 1 fully saturated rings. The van der Waals surface area contributed by atoms with E-state index in [1.807, 2.05) is 6.08 Å². The van der Waals surface area contributed by atoms with Gasteiger partial charge in [0.05, 0.1) is 12.2 Å². The highest BCUT2D eigenvalue weighted by Gasteiger charge is 2.43. The average Bonchev–Trinajstić information content (AvgIpc) is 3.21. The highest BCUT2D eigenvalue weighted by Crippen LogP contribution is 2.48. The summed E-state index contributed by atoms with van der Waals surface area (Å²) in [4.78, 5) is 13.3. The van der Waals surface area contributed by atoms with Gasteiger partial charge in [-0.1, -0.05) is 53.6 Å². The van der Waals surface area contributed by atoms with Gasteiger partial charge in [0.1, 0.15) is 0 Å². The summed E-state index contributed by atoms with van der Waals surface area (Å²) in [6.07, 6.45) is 11.6. The molecule has 4 nitrogen and oxygen atoms in total. The third-order valence-corrected chi connectivity index (χ3v) is 6.71. The first-order valence-corrected chi connectivity index (χ1v) is 11.3. The Morgan fingerprint density at radius 3 is 2.67 bits per heavy atom. The standard InChI is InChI=1S/C26H37NO3/c1-18-8-10-19(11-9-18)15-22(28)12-13-23-24-16-20(14-21(24)17-25(23)29)6-4-5-7-26(30)27(2)3/h8-14,21-25,28-29H,4-7,15-17H2,1-3H3/b13-12+/t21-,22+,23+,24-,25+/m0/s1. The number of allylic oxidation sites excluding steroid dienone is 2. The summed E-state index contributed by atoms with van der Waals surface area (Å²) in [5.41, 5.74) is 3.82. The van der Waals surface area contributed by atoms with E-state index in [0.717, 1.165) is 37.7 Å². The molecule has 1 amide bonds. The smallest absolute Gasteiger partial charge is 0.222 e. The number of aryl methyl sites for hydroxylation is 1. The summed E-state index contributed by atoms with van der Waals surface area (Å²) in [5, 5.41) is 21.0. The number of aliphatic hydroxyl groups is 2. The van der Waals surface area contributed by atoms with E-state index in [0.29, 0.717) is 24.7 Å². The SMILES string of the molecule is Cc1ccc(C[C@H](O)/C=C/[C@@H]2[C@H]3CC(CCCCC(=O)N(C)C)=C[C@H]3C[C@H]2O)cc1. The Balaban J connectivity index is 1.47. The highest BCUT2D eigenvalue weighted by atomic mass is 16.3. The normalized spacial score (nSPS) is 26.6. The van der Waals surface area contributed by atoms with Gasteiger partial charge in [-0.15, -0.1) is 0 Å². The van der Waals surface area contributed by atoms with Crippen molar-refractivity contribution in [2.75, 3.05) is 14.1 Å². The third kappa shape index (κ3) is 6.05. The van der Waals surface area contributed by atoms with Crippen LogP contribution in [0.3, 0.4) is 0 Å². The second kappa shape index (κ2) is 10.4. The minimum Gasteiger partial charge on any atom is -0.392 e. The Bertz CT molecular complexity index is 765. The molecule has 1 aromatic carbocycles. The summed E-state index contributed by atoms with van der Waals surface area (Å²) in [5.74, 6) is 1.21. The monoisotopic (exact) mass is 411 g/mol. The topological polar surface area (TPSA) is 60.8 Å². The van der Waals surface area contributed by atoms with Crippen LogP contribution in [0.4, 0.5) is 0 Å². The molecule has 0 bridgehead atoms. The van der Waals surface area contributed by atoms with Crippen molar-refractivity contribution >= 4 is 5.91 Å². The van der Waals surface area contributed by atoms with E-state index in [4.69, 9.17) is 0 Å². The minimum absolute atomic E-state index is 0.117. The van der Waals surface area contributed by atoms with E-state index >= 15 is 0 Å². The quantitative estimate of drug-likeness (QED) is 0.476. The molecule has 5 atom stereocenters. The summed E-state index contributed by atoms with van der Waals surface area (Å²) in [7, 11) is 3.61. The van der Waals surface area contributed by atoms with Crippen LogP contribution in [0, 0.1) is 24.7 Å². The fourth-order valence-electron chi connectivity index (χ4n) is 4.93. The molecule has 4 heteroatoms. The van der Waals surface area contributed by atoms with Crippen LogP contribution in [0.15, 0.2) is 48.1 Å². The fourth-order valence-corrected chi connectivity index (χ4v) is 4.93. The Kier molecular flexibility index (Phi) is 7.90. The number of fused-ring (bicyclic) bond motifs is 1. The molecule has 2 N–H and O–H groups in total. The molecule has 2 aliphatic rings. The predicted octanol–water partition coefficient (Wildman–Crippen LogP) is 4.05. The number of hydrogen-bond donors (Lipinski definition) is 2. The zero-order chi connectivity index (χ0) is 21.7. The summed E-state index contributed by atoms with van der Waals surface area (Å²) in [6.45, 7) is 2.06. The second-order valence-electron chi connectivity index (χ2n) is 9.37. The number of carbonyl (C=O) groups is 1. The van der Waals surface area contributed by atoms with E-state index in [-0.39, 0.29) is 17.9 Å². The number of hydrogen-bond acceptors (Lipinski definition) is 3. The highest BCUT2D eigenvalue weighted by molar-refractivity contribution is 5.75. The molecule has 0 heterocycles. The van der Waals surface area contributed by atoms with Gasteiger partial charge >= 0.3 is 0 Å². The Morgan fingerprint density at radius 2 is 1.97 bits per heavy atom. The first-order valence-electron chi connectivity index (χ1n) is 11.3. The van der Waals surface area contributed by atoms with Crippen molar-refractivity contribution < 1.29 is 15.0 Å². The predicted molar refractivity (Wildman–Crippen MR) is 121 cm³/mol. The maximum absolute atomic E-state index is 11.7. The molecule has 3 rings (SSSR count). The summed E-state index contributed by atoms with van der Waals surface area (Å²) < 4.78 is 0. The van der Waals surface area contributed by atoms with Crippen molar-refractivity contribution in [3.05, 3.63) is 59.2 Å². The van der Waals surface area contributed by atoms with Gasteiger partial charge in [0.25, 0.3) is 0 Å². The first kappa shape index (κ1) is 22.8. The van der Waals surface area contributed by atoms with Crippen LogP contribution in [-0.4, -0.2) is 47.3 Å². The number of benzene rings is 1. The molecule has 164 valence electrons. The van der Waals surface area contributed by atoms with Gasteiger partial charge in [0.2, 0.25) is 5.91 Å². The van der Waals surface area contributed by atoms with Crippen molar-refractivity contribution in [1.29, 1.82) is 0 Å². The van der Waals surface area contributed by atoms with Crippen LogP contribution in [0.1, 0.15) is 49.7 Å². The average molecular weight is 412 g/mol. The van der Waals surface area contributed by atoms with Crippen molar-refractivity contribution in [3.63, 3.8) is 0 Å². The maximum Gasteiger partial charge on any atom is 0.222 e. The van der Waals surface area contributed by atoms with E-state index in [2.05, 4.69) is 43.3 Å². The molecule has 0 spiro atoms. The minimum atomic E-state index is -0.526. The van der Waals surface area contributed by atoms with Gasteiger partial charge in [-0.25, -0.2) is 0 Å². The number of rotatable bonds is 9. The lowest BCUT2D eigenvalue weighted by Crippen LogP contribution is -2.21. The summed E-state index contributed by atoms with van der Waals surface area (Å²) in [6, 6.07) is 8.26. The van der Waals surface area contributed by atoms with E-state index in [1.54, 1.807) is 19.0 Å². The van der Waals surface area contributed by atoms with Gasteiger partial charge in [-0.3, -0.25) is 4.79 Å². The molecule has 0 radical (unpaired) electrons. The van der Waals surface area contributed by atoms with Crippen LogP contribution in [0.25, 0.3) is 0 Å². The van der Waals surface area contributed by atoms with Gasteiger partial charge in [0.15, 0.2) is 0 Å². The first-order chi connectivity index (χ1) is 14.3. The van der Waals surface area contributed by atoms with Crippen LogP contribution in [0.5, 0.6) is 0 Å². The molecule has 1 saturated carbocycles. The molecule has 0 aromatic heterocycles. The molecular weight excluding hydrogens is 374 g/mol. The lowest BCUT2D eigenvalue weighted by Gasteiger charge is -2.19. The maximum atomic E-state index is 11.7. The Morgan fingerprint density at radius 1 is 1.23 bits per heavy atom. The second-order valence-corrected chi connectivity index (χ2v) is 9.37. The molecule has 2 aliphatic carbocycles. The van der Waals surface area contributed by atoms with E-state index < -0.39 is 6.10 Å². The van der Waals surface area contributed by atoms with Crippen molar-refractivity contribution in [3.8, 4) is 0 Å². The summed E-state index contributed by atoms with van der Waals surface area (Å²) >= 11 is 0. The van der Waals surface area contributed by atoms with Crippen LogP contribution in [-0.2, 0) is 11.2 Å². The van der Waals surface area contributed by atoms with E-state index in [9.17, 15) is 15.0 Å². The molecule has 1 aromatic rings. The van der Waals surface area contributed by atoms with Crippen molar-refractivity contribution in [2.24, 2.45) is 17.8 Å². The van der Waals surface area contributed by atoms with Gasteiger partial charge < -0.3 is 15.1 Å². The van der Waals surface area contributed by atoms with Crippen LogP contribution in [0.2, 0.25) is 0 Å². The zero-order valence-corrected chi connectivity index (χ0v) is 18.6. The Labute approximate surface area is 181 Å². The fraction of sp³-hybridized carbons (Fsp3) is 0.577. The number of nitrogens with zero attached hydrogens (tertiary/aromatic N) is 1. The van der Waals surface area contributed by atoms with Gasteiger partial charge in [-0.05, 0) is 56.4 Å². The number of aliphatic hydroxyl groups excluding tert-OH is 2. The molecule has 30 heavy (non-hydrogen) atoms. The van der Waals surface area contributed by atoms with Crippen molar-refractivity contribution in [1.82, 2.24) is 4.90 Å². The lowest BCUT2D eigenvalue weighted by atomic mass is 9.88. The lowest BCUT2D eigenvalue weighted by molar-refractivity contribution is -0.128. The molecule has 0 unspecified atom stereocenters. The number of carbonyl (C=O) groups excluding carboxylic acids is 1. The van der Waals surface area contributed by atoms with Gasteiger partial charge in [-0.2, -0.15) is 0 Å².